The fourth-order valence-corrected chi connectivity index (χ4v) is 4.44. The van der Waals surface area contributed by atoms with Crippen LogP contribution in [0.1, 0.15) is 44.7 Å². The van der Waals surface area contributed by atoms with Crippen LogP contribution in [0.2, 0.25) is 5.02 Å². The average Bonchev–Trinajstić information content (AvgIpc) is 2.70. The fraction of sp³-hybridized carbons (Fsp3) is 0.375. The maximum atomic E-state index is 13.1. The lowest BCUT2D eigenvalue weighted by Crippen LogP contribution is -2.26. The van der Waals surface area contributed by atoms with Crippen molar-refractivity contribution < 1.29 is 4.79 Å². The summed E-state index contributed by atoms with van der Waals surface area (Å²) < 4.78 is 1.65. The van der Waals surface area contributed by atoms with Crippen molar-refractivity contribution in [1.82, 2.24) is 9.55 Å². The Morgan fingerprint density at radius 3 is 2.61 bits per heavy atom. The Kier molecular flexibility index (Phi) is 7.44. The lowest BCUT2D eigenvalue weighted by atomic mass is 9.98. The molecular weight excluding hydrogens is 430 g/mol. The molecule has 3 rings (SSSR count). The van der Waals surface area contributed by atoms with Crippen molar-refractivity contribution in [2.24, 2.45) is 5.92 Å². The first-order valence-corrected chi connectivity index (χ1v) is 11.8. The SMILES string of the molecule is Cc1cccc(C(C)C)c1NC(=O)CSc1nc2ccc(Cl)cc2c(=O)n1CC(C)C. The topological polar surface area (TPSA) is 64.0 Å². The summed E-state index contributed by atoms with van der Waals surface area (Å²) in [5, 5.41) is 4.59. The number of anilines is 1. The molecule has 0 saturated heterocycles. The molecule has 0 fully saturated rings. The lowest BCUT2D eigenvalue weighted by Gasteiger charge is -2.17. The number of nitrogens with zero attached hydrogens (tertiary/aromatic N) is 2. The first-order chi connectivity index (χ1) is 14.7. The Morgan fingerprint density at radius 1 is 1.19 bits per heavy atom. The number of amides is 1. The van der Waals surface area contributed by atoms with Gasteiger partial charge < -0.3 is 5.32 Å². The molecule has 1 amide bonds. The van der Waals surface area contributed by atoms with Crippen LogP contribution in [0.4, 0.5) is 5.69 Å². The first-order valence-electron chi connectivity index (χ1n) is 10.4. The molecule has 0 atom stereocenters. The van der Waals surface area contributed by atoms with E-state index in [2.05, 4.69) is 24.1 Å². The number of halogens is 1. The predicted octanol–water partition coefficient (Wildman–Crippen LogP) is 5.87. The number of fused-ring (bicyclic) bond motifs is 1. The van der Waals surface area contributed by atoms with Crippen LogP contribution in [0.25, 0.3) is 10.9 Å². The van der Waals surface area contributed by atoms with Crippen molar-refractivity contribution in [1.29, 1.82) is 0 Å². The van der Waals surface area contributed by atoms with Crippen molar-refractivity contribution in [3.8, 4) is 0 Å². The van der Waals surface area contributed by atoms with Crippen LogP contribution in [0, 0.1) is 12.8 Å². The molecule has 31 heavy (non-hydrogen) atoms. The molecule has 0 radical (unpaired) electrons. The number of benzene rings is 2. The fourth-order valence-electron chi connectivity index (χ4n) is 3.46. The number of hydrogen-bond acceptors (Lipinski definition) is 4. The number of aryl methyl sites for hydroxylation is 1. The second kappa shape index (κ2) is 9.88. The van der Waals surface area contributed by atoms with Gasteiger partial charge in [0.15, 0.2) is 5.16 Å². The third-order valence-corrected chi connectivity index (χ3v) is 6.16. The van der Waals surface area contributed by atoms with E-state index >= 15 is 0 Å². The Balaban J connectivity index is 1.88. The van der Waals surface area contributed by atoms with Crippen LogP contribution in [0.5, 0.6) is 0 Å². The summed E-state index contributed by atoms with van der Waals surface area (Å²) in [6, 6.07) is 11.1. The highest BCUT2D eigenvalue weighted by Gasteiger charge is 2.16. The molecule has 2 aromatic carbocycles. The van der Waals surface area contributed by atoms with Gasteiger partial charge in [-0.05, 0) is 48.1 Å². The van der Waals surface area contributed by atoms with Gasteiger partial charge in [0.2, 0.25) is 5.91 Å². The number of rotatable bonds is 7. The van der Waals surface area contributed by atoms with E-state index in [0.29, 0.717) is 33.5 Å². The highest BCUT2D eigenvalue weighted by Crippen LogP contribution is 2.28. The van der Waals surface area contributed by atoms with Crippen molar-refractivity contribution >= 4 is 45.9 Å². The van der Waals surface area contributed by atoms with Crippen molar-refractivity contribution in [2.45, 2.75) is 52.2 Å². The first kappa shape index (κ1) is 23.4. The van der Waals surface area contributed by atoms with Gasteiger partial charge in [0.1, 0.15) is 0 Å². The number of para-hydroxylation sites is 1. The van der Waals surface area contributed by atoms with Gasteiger partial charge in [-0.3, -0.25) is 14.2 Å². The molecule has 0 bridgehead atoms. The quantitative estimate of drug-likeness (QED) is 0.356. The van der Waals surface area contributed by atoms with E-state index in [4.69, 9.17) is 11.6 Å². The molecule has 1 N–H and O–H groups in total. The number of carbonyl (C=O) groups is 1. The molecule has 164 valence electrons. The molecule has 0 saturated carbocycles. The average molecular weight is 458 g/mol. The standard InChI is InChI=1S/C24H28ClN3O2S/c1-14(2)12-28-23(30)19-11-17(25)9-10-20(19)26-24(28)31-13-21(29)27-22-16(5)7-6-8-18(22)15(3)4/h6-11,14-15H,12-13H2,1-5H3,(H,27,29). The van der Waals surface area contributed by atoms with Crippen LogP contribution in [-0.4, -0.2) is 21.2 Å². The van der Waals surface area contributed by atoms with Crippen molar-refractivity contribution in [3.05, 3.63) is 62.9 Å². The van der Waals surface area contributed by atoms with Gasteiger partial charge in [0.25, 0.3) is 5.56 Å². The Bertz CT molecular complexity index is 1170. The Labute approximate surface area is 192 Å². The van der Waals surface area contributed by atoms with E-state index in [1.807, 2.05) is 39.0 Å². The lowest BCUT2D eigenvalue weighted by molar-refractivity contribution is -0.113. The molecule has 0 spiro atoms. The molecule has 0 unspecified atom stereocenters. The molecule has 7 heteroatoms. The third-order valence-electron chi connectivity index (χ3n) is 4.95. The Hall–Kier alpha value is -2.31. The van der Waals surface area contributed by atoms with E-state index < -0.39 is 0 Å². The normalized spacial score (nSPS) is 11.5. The maximum Gasteiger partial charge on any atom is 0.262 e. The van der Waals surface area contributed by atoms with Crippen LogP contribution in [0.3, 0.4) is 0 Å². The maximum absolute atomic E-state index is 13.1. The minimum atomic E-state index is -0.134. The van der Waals surface area contributed by atoms with E-state index in [0.717, 1.165) is 16.8 Å². The van der Waals surface area contributed by atoms with Gasteiger partial charge in [-0.15, -0.1) is 0 Å². The second-order valence-corrected chi connectivity index (χ2v) is 9.78. The summed E-state index contributed by atoms with van der Waals surface area (Å²) in [4.78, 5) is 30.5. The zero-order valence-electron chi connectivity index (χ0n) is 18.5. The van der Waals surface area contributed by atoms with Gasteiger partial charge in [-0.2, -0.15) is 0 Å². The van der Waals surface area contributed by atoms with E-state index in [1.54, 1.807) is 22.8 Å². The van der Waals surface area contributed by atoms with E-state index in [1.165, 1.54) is 11.8 Å². The number of hydrogen-bond donors (Lipinski definition) is 1. The zero-order valence-corrected chi connectivity index (χ0v) is 20.1. The minimum Gasteiger partial charge on any atom is -0.325 e. The van der Waals surface area contributed by atoms with Crippen LogP contribution >= 0.6 is 23.4 Å². The van der Waals surface area contributed by atoms with Crippen LogP contribution in [0.15, 0.2) is 46.3 Å². The molecule has 0 aliphatic rings. The number of carbonyl (C=O) groups excluding carboxylic acids is 1. The van der Waals surface area contributed by atoms with E-state index in [-0.39, 0.29) is 23.1 Å². The third kappa shape index (κ3) is 5.49. The van der Waals surface area contributed by atoms with Gasteiger partial charge >= 0.3 is 0 Å². The molecule has 1 aromatic heterocycles. The van der Waals surface area contributed by atoms with Crippen molar-refractivity contribution in [3.63, 3.8) is 0 Å². The summed E-state index contributed by atoms with van der Waals surface area (Å²) in [6.07, 6.45) is 0. The summed E-state index contributed by atoms with van der Waals surface area (Å²) in [7, 11) is 0. The molecule has 5 nitrogen and oxygen atoms in total. The predicted molar refractivity (Wildman–Crippen MR) is 130 cm³/mol. The second-order valence-electron chi connectivity index (χ2n) is 8.40. The van der Waals surface area contributed by atoms with Crippen LogP contribution in [-0.2, 0) is 11.3 Å². The molecule has 1 heterocycles. The summed E-state index contributed by atoms with van der Waals surface area (Å²) in [6.45, 7) is 10.8. The van der Waals surface area contributed by atoms with Gasteiger partial charge in [0, 0.05) is 17.3 Å². The summed E-state index contributed by atoms with van der Waals surface area (Å²) >= 11 is 7.36. The number of aromatic nitrogens is 2. The molecular formula is C24H28ClN3O2S. The largest absolute Gasteiger partial charge is 0.325 e. The van der Waals surface area contributed by atoms with Crippen molar-refractivity contribution in [2.75, 3.05) is 11.1 Å². The zero-order chi connectivity index (χ0) is 22.7. The Morgan fingerprint density at radius 2 is 1.94 bits per heavy atom. The van der Waals surface area contributed by atoms with Gasteiger partial charge in [-0.1, -0.05) is 69.3 Å². The molecule has 3 aromatic rings. The van der Waals surface area contributed by atoms with Gasteiger partial charge in [0.05, 0.1) is 16.7 Å². The van der Waals surface area contributed by atoms with E-state index in [9.17, 15) is 9.59 Å². The highest BCUT2D eigenvalue weighted by molar-refractivity contribution is 7.99. The smallest absolute Gasteiger partial charge is 0.262 e. The number of nitrogens with one attached hydrogen (secondary N) is 1. The monoisotopic (exact) mass is 457 g/mol. The summed E-state index contributed by atoms with van der Waals surface area (Å²) in [5.74, 6) is 0.593. The highest BCUT2D eigenvalue weighted by atomic mass is 35.5. The molecule has 0 aliphatic carbocycles. The summed E-state index contributed by atoms with van der Waals surface area (Å²) in [5.41, 5.74) is 3.45. The van der Waals surface area contributed by atoms with Crippen LogP contribution < -0.4 is 10.9 Å². The molecule has 0 aliphatic heterocycles. The van der Waals surface area contributed by atoms with Gasteiger partial charge in [-0.25, -0.2) is 4.98 Å². The minimum absolute atomic E-state index is 0.122. The number of thioether (sulfide) groups is 1.